The Morgan fingerprint density at radius 2 is 1.76 bits per heavy atom. The first-order valence-corrected chi connectivity index (χ1v) is 19.9. The third-order valence-corrected chi connectivity index (χ3v) is 11.1. The van der Waals surface area contributed by atoms with Crippen LogP contribution in [0.2, 0.25) is 5.02 Å². The molecule has 3 N–H and O–H groups in total. The molecule has 1 atom stereocenters. The number of carbonyl (C=O) groups is 5. The van der Waals surface area contributed by atoms with Crippen molar-refractivity contribution >= 4 is 74.9 Å². The molecule has 1 aromatic heterocycles. The second-order valence-electron chi connectivity index (χ2n) is 14.8. The number of piperazine rings is 1. The number of amides is 5. The van der Waals surface area contributed by atoms with E-state index >= 15 is 8.78 Å². The van der Waals surface area contributed by atoms with Gasteiger partial charge in [-0.1, -0.05) is 18.2 Å². The van der Waals surface area contributed by atoms with Gasteiger partial charge in [-0.05, 0) is 81.1 Å². The largest absolute Gasteiger partial charge is 0.491 e. The van der Waals surface area contributed by atoms with Crippen molar-refractivity contribution in [1.29, 1.82) is 0 Å². The molecule has 19 heteroatoms. The normalized spacial score (nSPS) is 24.0. The molecular weight excluding hydrogens is 831 g/mol. The Labute approximate surface area is 370 Å². The van der Waals surface area contributed by atoms with Gasteiger partial charge in [0.15, 0.2) is 11.6 Å². The molecule has 8 rings (SSSR count). The van der Waals surface area contributed by atoms with E-state index in [1.54, 1.807) is 12.1 Å². The predicted octanol–water partition coefficient (Wildman–Crippen LogP) is 5.27. The van der Waals surface area contributed by atoms with Gasteiger partial charge in [-0.25, -0.2) is 23.1 Å². The van der Waals surface area contributed by atoms with Gasteiger partial charge in [0, 0.05) is 68.1 Å². The number of nitrogens with one attached hydrogen (secondary N) is 3. The van der Waals surface area contributed by atoms with Crippen molar-refractivity contribution in [3.05, 3.63) is 89.0 Å². The maximum absolute atomic E-state index is 16.1. The van der Waals surface area contributed by atoms with Crippen LogP contribution in [0.15, 0.2) is 55.4 Å². The minimum Gasteiger partial charge on any atom is -0.491 e. The fourth-order valence-electron chi connectivity index (χ4n) is 7.61. The number of aromatic nitrogens is 2. The first-order chi connectivity index (χ1) is 32.9. The summed E-state index contributed by atoms with van der Waals surface area (Å²) in [6.45, 7) is -9.63. The molecule has 0 saturated carbocycles. The first kappa shape index (κ1) is 33.5. The second-order valence-corrected chi connectivity index (χ2v) is 15.2. The van der Waals surface area contributed by atoms with E-state index in [4.69, 9.17) is 27.3 Å². The summed E-state index contributed by atoms with van der Waals surface area (Å²) in [6.07, 6.45) is 2.97. The molecule has 0 radical (unpaired) electrons. The number of anilines is 4. The number of rotatable bonds is 13. The molecule has 5 amide bonds. The van der Waals surface area contributed by atoms with Crippen LogP contribution in [-0.4, -0.2) is 119 Å². The van der Waals surface area contributed by atoms with Crippen molar-refractivity contribution in [3.8, 4) is 5.75 Å². The van der Waals surface area contributed by atoms with E-state index in [1.165, 1.54) is 24.5 Å². The molecule has 3 saturated heterocycles. The van der Waals surface area contributed by atoms with Crippen LogP contribution in [0.25, 0.3) is 10.9 Å². The highest BCUT2D eigenvalue weighted by Crippen LogP contribution is 2.37. The monoisotopic (exact) mass is 881 g/mol. The number of nitrogens with zero attached hydrogens (tertiary/aromatic N) is 6. The molecule has 15 nitrogen and oxygen atoms in total. The lowest BCUT2D eigenvalue weighted by atomic mass is 9.95. The van der Waals surface area contributed by atoms with Gasteiger partial charge < -0.3 is 25.2 Å². The molecule has 1 unspecified atom stereocenters. The highest BCUT2D eigenvalue weighted by molar-refractivity contribution is 6.31. The molecule has 0 spiro atoms. The van der Waals surface area contributed by atoms with Crippen molar-refractivity contribution in [2.45, 2.75) is 38.1 Å². The topological polar surface area (TPSA) is 169 Å². The van der Waals surface area contributed by atoms with E-state index < -0.39 is 108 Å². The third kappa shape index (κ3) is 8.80. The van der Waals surface area contributed by atoms with E-state index in [1.807, 2.05) is 5.32 Å². The lowest BCUT2D eigenvalue weighted by Crippen LogP contribution is -2.54. The van der Waals surface area contributed by atoms with Crippen LogP contribution >= 0.6 is 11.6 Å². The van der Waals surface area contributed by atoms with E-state index in [0.29, 0.717) is 82.9 Å². The average Bonchev–Trinajstić information content (AvgIpc) is 3.54. The number of likely N-dealkylation sites (tertiary alicyclic amines) is 1. The summed E-state index contributed by atoms with van der Waals surface area (Å²) in [7, 11) is 0. The minimum atomic E-state index is -3.66. The van der Waals surface area contributed by atoms with Gasteiger partial charge >= 0.3 is 0 Å². The molecule has 4 aliphatic heterocycles. The number of hydrogen-bond acceptors (Lipinski definition) is 12. The molecule has 62 heavy (non-hydrogen) atoms. The number of ether oxygens (including phenoxy) is 1. The van der Waals surface area contributed by atoms with Gasteiger partial charge in [0.2, 0.25) is 17.7 Å². The molecule has 3 aromatic carbocycles. The van der Waals surface area contributed by atoms with Crippen LogP contribution in [0.3, 0.4) is 0 Å². The van der Waals surface area contributed by atoms with E-state index in [2.05, 4.69) is 32.1 Å². The average molecular weight is 882 g/mol. The zero-order valence-corrected chi connectivity index (χ0v) is 33.5. The Morgan fingerprint density at radius 3 is 2.48 bits per heavy atom. The van der Waals surface area contributed by atoms with Gasteiger partial charge in [0.1, 0.15) is 29.8 Å². The molecule has 0 bridgehead atoms. The lowest BCUT2D eigenvalue weighted by molar-refractivity contribution is -0.136. The molecular formula is C43H43ClF3N9O6. The Morgan fingerprint density at radius 1 is 0.984 bits per heavy atom. The summed E-state index contributed by atoms with van der Waals surface area (Å²) in [5, 5.41) is 8.15. The number of fused-ring (bicyclic) bond motifs is 2. The highest BCUT2D eigenvalue weighted by Gasteiger charge is 2.47. The van der Waals surface area contributed by atoms with Crippen molar-refractivity contribution in [3.63, 3.8) is 0 Å². The highest BCUT2D eigenvalue weighted by atomic mass is 35.5. The molecule has 324 valence electrons. The standard InChI is InChI=1S/C43H43ClF3N9O6/c1-2-35(57)51-31-19-26-30(48-23-49-40(26)50-25-4-5-29(45)28(44)18-25)21-34(31)62-17-3-10-53-11-8-24(9-12-53)22-54-13-15-55(16-14-54)33-20-27-37(39(47)38(33)46)43(61)56(42(27)60)32-6-7-36(58)52-41(32)59/h2,4-5,18-21,23-24,32H,1,3,6-17,22H2,(H,51,57)(H,48,49,50)(H,52,58,59)/i13D2,14D2,15D2,16D2. The van der Waals surface area contributed by atoms with E-state index in [9.17, 15) is 28.4 Å². The summed E-state index contributed by atoms with van der Waals surface area (Å²) < 4.78 is 123. The number of hydrogen-bond donors (Lipinski definition) is 3. The fourth-order valence-corrected chi connectivity index (χ4v) is 7.79. The summed E-state index contributed by atoms with van der Waals surface area (Å²) in [5.41, 5.74) is -2.24. The Hall–Kier alpha value is -6.11. The zero-order valence-electron chi connectivity index (χ0n) is 40.7. The van der Waals surface area contributed by atoms with Crippen LogP contribution in [0.5, 0.6) is 5.75 Å². The summed E-state index contributed by atoms with van der Waals surface area (Å²) in [4.78, 5) is 74.7. The van der Waals surface area contributed by atoms with Crippen molar-refractivity contribution in [1.82, 2.24) is 30.0 Å². The van der Waals surface area contributed by atoms with E-state index in [-0.39, 0.29) is 35.1 Å². The Balaban J connectivity index is 0.924. The summed E-state index contributed by atoms with van der Waals surface area (Å²) >= 11 is 5.95. The molecule has 4 aliphatic rings. The quantitative estimate of drug-likeness (QED) is 0.0905. The molecule has 4 aromatic rings. The van der Waals surface area contributed by atoms with Crippen LogP contribution < -0.4 is 25.6 Å². The van der Waals surface area contributed by atoms with Gasteiger partial charge in [-0.3, -0.25) is 39.1 Å². The minimum absolute atomic E-state index is 0.0979. The van der Waals surface area contributed by atoms with Gasteiger partial charge in [0.25, 0.3) is 11.8 Å². The number of imide groups is 2. The first-order valence-electron chi connectivity index (χ1n) is 23.5. The SMILES string of the molecule is [2H]C1([2H])N(CC2CCN(CCCOc3cc4ncnc(Nc5ccc(F)c(Cl)c5)c4cc3NC(=O)C=C)CC2)C([2H])([2H])C([2H])([2H])N(c2cc3c(c(F)c2F)C(=O)N(C2CCC(=O)NC2=O)C3=O)C1([2H])[2H]. The second kappa shape index (κ2) is 18.1. The summed E-state index contributed by atoms with van der Waals surface area (Å²) in [6, 6.07) is 6.15. The summed E-state index contributed by atoms with van der Waals surface area (Å²) in [5.74, 6) is -9.60. The molecule has 0 aliphatic carbocycles. The van der Waals surface area contributed by atoms with Gasteiger partial charge in [-0.2, -0.15) is 0 Å². The number of halogens is 4. The fraction of sp³-hybridized carbons (Fsp3) is 0.372. The molecule has 5 heterocycles. The van der Waals surface area contributed by atoms with Crippen molar-refractivity contribution < 1.29 is 52.8 Å². The van der Waals surface area contributed by atoms with Crippen LogP contribution in [0.4, 0.5) is 36.1 Å². The lowest BCUT2D eigenvalue weighted by Gasteiger charge is -2.39. The van der Waals surface area contributed by atoms with Crippen molar-refractivity contribution in [2.75, 3.05) is 74.3 Å². The molecule has 3 fully saturated rings. The maximum atomic E-state index is 16.1. The van der Waals surface area contributed by atoms with Crippen molar-refractivity contribution in [2.24, 2.45) is 5.92 Å². The Kier molecular flexibility index (Phi) is 9.77. The van der Waals surface area contributed by atoms with Crippen LogP contribution in [0.1, 0.15) is 63.8 Å². The predicted molar refractivity (Wildman–Crippen MR) is 224 cm³/mol. The number of piperidine rings is 2. The number of benzene rings is 3. The number of carbonyl (C=O) groups excluding carboxylic acids is 5. The van der Waals surface area contributed by atoms with Crippen LogP contribution in [0, 0.1) is 23.4 Å². The Bertz CT molecular complexity index is 2830. The zero-order chi connectivity index (χ0) is 50.8. The van der Waals surface area contributed by atoms with Gasteiger partial charge in [-0.15, -0.1) is 0 Å². The third-order valence-electron chi connectivity index (χ3n) is 10.8. The maximum Gasteiger partial charge on any atom is 0.265 e. The van der Waals surface area contributed by atoms with Gasteiger partial charge in [0.05, 0.1) is 45.1 Å². The van der Waals surface area contributed by atoms with Crippen LogP contribution in [-0.2, 0) is 14.4 Å². The smallest absolute Gasteiger partial charge is 0.265 e. The van der Waals surface area contributed by atoms with E-state index in [0.717, 1.165) is 6.08 Å².